The monoisotopic (exact) mass is 435 g/mol. The lowest BCUT2D eigenvalue weighted by Gasteiger charge is -2.23. The van der Waals surface area contributed by atoms with Gasteiger partial charge in [-0.3, -0.25) is 4.79 Å². The van der Waals surface area contributed by atoms with E-state index >= 15 is 0 Å². The second kappa shape index (κ2) is 9.87. The summed E-state index contributed by atoms with van der Waals surface area (Å²) in [6.45, 7) is 1.38. The second-order valence-corrected chi connectivity index (χ2v) is 7.90. The second-order valence-electron chi connectivity index (χ2n) is 7.90. The number of aryl methyl sites for hydroxylation is 1. The molecule has 7 heteroatoms. The largest absolute Gasteiger partial charge is 0.493 e. The van der Waals surface area contributed by atoms with Crippen molar-refractivity contribution < 1.29 is 19.0 Å². The van der Waals surface area contributed by atoms with Gasteiger partial charge in [0.2, 0.25) is 11.8 Å². The van der Waals surface area contributed by atoms with Crippen molar-refractivity contribution in [1.29, 1.82) is 0 Å². The smallest absolute Gasteiger partial charge is 0.226 e. The van der Waals surface area contributed by atoms with Gasteiger partial charge >= 0.3 is 0 Å². The topological polar surface area (TPSA) is 65.8 Å². The summed E-state index contributed by atoms with van der Waals surface area (Å²) >= 11 is 0. The molecule has 0 bridgehead atoms. The fourth-order valence-electron chi connectivity index (χ4n) is 3.71. The van der Waals surface area contributed by atoms with E-state index in [2.05, 4.69) is 0 Å². The number of para-hydroxylation sites is 2. The number of amides is 1. The van der Waals surface area contributed by atoms with Gasteiger partial charge in [-0.05, 0) is 25.0 Å². The molecule has 168 valence electrons. The van der Waals surface area contributed by atoms with Crippen LogP contribution in [0.5, 0.6) is 17.4 Å². The van der Waals surface area contributed by atoms with Crippen molar-refractivity contribution in [1.82, 2.24) is 14.7 Å². The molecular weight excluding hydrogens is 406 g/mol. The highest BCUT2D eigenvalue weighted by atomic mass is 16.5. The number of carbonyl (C=O) groups excluding carboxylic acids is 1. The number of benzene rings is 2. The summed E-state index contributed by atoms with van der Waals surface area (Å²) in [5.41, 5.74) is 2.62. The zero-order valence-corrected chi connectivity index (χ0v) is 18.8. The third-order valence-electron chi connectivity index (χ3n) is 5.56. The fraction of sp³-hybridized carbons (Fsp3) is 0.360. The quantitative estimate of drug-likeness (QED) is 0.476. The number of rotatable bonds is 10. The maximum atomic E-state index is 13.0. The van der Waals surface area contributed by atoms with Gasteiger partial charge < -0.3 is 19.1 Å². The van der Waals surface area contributed by atoms with Crippen LogP contribution >= 0.6 is 0 Å². The highest BCUT2D eigenvalue weighted by Gasteiger charge is 2.34. The molecule has 0 N–H and O–H groups in total. The molecule has 1 fully saturated rings. The zero-order chi connectivity index (χ0) is 22.5. The van der Waals surface area contributed by atoms with Crippen molar-refractivity contribution in [3.8, 4) is 28.6 Å². The van der Waals surface area contributed by atoms with Crippen molar-refractivity contribution in [2.24, 2.45) is 13.0 Å². The minimum atomic E-state index is 0.113. The molecule has 0 saturated heterocycles. The molecule has 3 aromatic rings. The Kier molecular flexibility index (Phi) is 6.75. The zero-order valence-electron chi connectivity index (χ0n) is 18.8. The van der Waals surface area contributed by atoms with Crippen LogP contribution < -0.4 is 9.47 Å². The van der Waals surface area contributed by atoms with Gasteiger partial charge in [-0.25, -0.2) is 4.68 Å². The first-order valence-electron chi connectivity index (χ1n) is 10.8. The predicted octanol–water partition coefficient (Wildman–Crippen LogP) is 4.27. The molecule has 1 aliphatic carbocycles. The third kappa shape index (κ3) is 4.78. The Balaban J connectivity index is 1.75. The summed E-state index contributed by atoms with van der Waals surface area (Å²) in [7, 11) is 5.11. The average Bonchev–Trinajstić information content (AvgIpc) is 3.63. The Morgan fingerprint density at radius 3 is 2.41 bits per heavy atom. The first-order chi connectivity index (χ1) is 15.6. The molecule has 2 aromatic carbocycles. The van der Waals surface area contributed by atoms with Crippen LogP contribution in [-0.4, -0.2) is 48.0 Å². The Morgan fingerprint density at radius 2 is 1.75 bits per heavy atom. The van der Waals surface area contributed by atoms with Crippen LogP contribution in [0.3, 0.4) is 0 Å². The van der Waals surface area contributed by atoms with E-state index in [1.54, 1.807) is 18.9 Å². The van der Waals surface area contributed by atoms with Crippen molar-refractivity contribution in [2.45, 2.75) is 19.4 Å². The van der Waals surface area contributed by atoms with E-state index in [9.17, 15) is 4.79 Å². The lowest BCUT2D eigenvalue weighted by molar-refractivity contribution is -0.133. The molecule has 1 amide bonds. The van der Waals surface area contributed by atoms with Crippen LogP contribution in [0.1, 0.15) is 18.4 Å². The van der Waals surface area contributed by atoms with Gasteiger partial charge in [0.15, 0.2) is 11.5 Å². The summed E-state index contributed by atoms with van der Waals surface area (Å²) in [5.74, 6) is 2.08. The Morgan fingerprint density at radius 1 is 1.06 bits per heavy atom. The number of carbonyl (C=O) groups is 1. The van der Waals surface area contributed by atoms with Gasteiger partial charge in [0.1, 0.15) is 5.69 Å². The number of ether oxygens (including phenoxy) is 3. The van der Waals surface area contributed by atoms with Crippen LogP contribution in [-0.2, 0) is 23.1 Å². The van der Waals surface area contributed by atoms with E-state index in [4.69, 9.17) is 19.3 Å². The van der Waals surface area contributed by atoms with Gasteiger partial charge in [0.25, 0.3) is 0 Å². The Hall–Kier alpha value is -3.32. The van der Waals surface area contributed by atoms with E-state index < -0.39 is 0 Å². The van der Waals surface area contributed by atoms with Crippen molar-refractivity contribution in [3.63, 3.8) is 0 Å². The van der Waals surface area contributed by atoms with Gasteiger partial charge in [-0.1, -0.05) is 42.5 Å². The van der Waals surface area contributed by atoms with E-state index in [-0.39, 0.29) is 11.8 Å². The normalized spacial score (nSPS) is 13.1. The molecule has 0 spiro atoms. The minimum Gasteiger partial charge on any atom is -0.493 e. The number of hydrogen-bond donors (Lipinski definition) is 0. The lowest BCUT2D eigenvalue weighted by atomic mass is 10.1. The highest BCUT2D eigenvalue weighted by molar-refractivity contribution is 5.81. The van der Waals surface area contributed by atoms with E-state index in [1.165, 1.54) is 0 Å². The Bertz CT molecular complexity index is 1060. The lowest BCUT2D eigenvalue weighted by Crippen LogP contribution is -2.34. The maximum absolute atomic E-state index is 13.0. The first kappa shape index (κ1) is 21.9. The van der Waals surface area contributed by atoms with Crippen LogP contribution in [0.4, 0.5) is 0 Å². The Labute approximate surface area is 188 Å². The van der Waals surface area contributed by atoms with Crippen molar-refractivity contribution in [2.75, 3.05) is 27.4 Å². The van der Waals surface area contributed by atoms with E-state index in [1.807, 2.05) is 66.5 Å². The van der Waals surface area contributed by atoms with Gasteiger partial charge in [0.05, 0.1) is 25.8 Å². The molecule has 1 saturated carbocycles. The molecule has 32 heavy (non-hydrogen) atoms. The number of aromatic nitrogens is 2. The summed E-state index contributed by atoms with van der Waals surface area (Å²) in [6.07, 6.45) is 1.90. The summed E-state index contributed by atoms with van der Waals surface area (Å²) in [4.78, 5) is 14.9. The van der Waals surface area contributed by atoms with E-state index in [0.717, 1.165) is 29.7 Å². The summed E-state index contributed by atoms with van der Waals surface area (Å²) in [6, 6.07) is 17.5. The molecule has 0 unspecified atom stereocenters. The summed E-state index contributed by atoms with van der Waals surface area (Å²) in [5, 5.41) is 4.77. The SMILES string of the molecule is COCCN(Cc1c(-c2ccccc2)nn(C)c1Oc1ccccc1OC)C(=O)C1CC1. The number of nitrogens with zero attached hydrogens (tertiary/aromatic N) is 3. The predicted molar refractivity (Wildman–Crippen MR) is 122 cm³/mol. The van der Waals surface area contributed by atoms with E-state index in [0.29, 0.717) is 37.1 Å². The first-order valence-corrected chi connectivity index (χ1v) is 10.8. The molecule has 0 radical (unpaired) electrons. The minimum absolute atomic E-state index is 0.113. The molecule has 1 heterocycles. The molecular formula is C25H29N3O4. The average molecular weight is 436 g/mol. The molecule has 0 aliphatic heterocycles. The molecule has 1 aliphatic rings. The number of hydrogen-bond acceptors (Lipinski definition) is 5. The van der Waals surface area contributed by atoms with Crippen LogP contribution in [0.15, 0.2) is 54.6 Å². The molecule has 1 aromatic heterocycles. The fourth-order valence-corrected chi connectivity index (χ4v) is 3.71. The van der Waals surface area contributed by atoms with Crippen LogP contribution in [0.2, 0.25) is 0 Å². The van der Waals surface area contributed by atoms with Crippen LogP contribution in [0, 0.1) is 5.92 Å². The van der Waals surface area contributed by atoms with Crippen LogP contribution in [0.25, 0.3) is 11.3 Å². The van der Waals surface area contributed by atoms with Gasteiger partial charge in [-0.15, -0.1) is 0 Å². The standard InChI is InChI=1S/C25H29N3O4/c1-27-25(32-22-12-8-7-11-21(22)31-3)20(23(26-27)18-9-5-4-6-10-18)17-28(15-16-30-2)24(29)19-13-14-19/h4-12,19H,13-17H2,1-3H3. The molecule has 0 atom stereocenters. The van der Waals surface area contributed by atoms with Gasteiger partial charge in [0, 0.05) is 32.2 Å². The van der Waals surface area contributed by atoms with Gasteiger partial charge in [-0.2, -0.15) is 5.10 Å². The molecule has 7 nitrogen and oxygen atoms in total. The number of methoxy groups -OCH3 is 2. The summed E-state index contributed by atoms with van der Waals surface area (Å²) < 4.78 is 18.8. The third-order valence-corrected chi connectivity index (χ3v) is 5.56. The maximum Gasteiger partial charge on any atom is 0.226 e. The molecule has 4 rings (SSSR count). The highest BCUT2D eigenvalue weighted by Crippen LogP contribution is 2.38. The van der Waals surface area contributed by atoms with Crippen molar-refractivity contribution >= 4 is 5.91 Å². The van der Waals surface area contributed by atoms with Crippen molar-refractivity contribution in [3.05, 3.63) is 60.2 Å².